The number of carbonyl (C=O) groups excluding carboxylic acids is 1. The van der Waals surface area contributed by atoms with Crippen molar-refractivity contribution in [1.82, 2.24) is 4.98 Å². The predicted molar refractivity (Wildman–Crippen MR) is 112 cm³/mol. The van der Waals surface area contributed by atoms with Crippen molar-refractivity contribution < 1.29 is 35.9 Å². The molecule has 0 N–H and O–H groups in total. The summed E-state index contributed by atoms with van der Waals surface area (Å²) in [7, 11) is -1.67. The molecule has 6 nitrogen and oxygen atoms in total. The molecule has 0 aliphatic carbocycles. The summed E-state index contributed by atoms with van der Waals surface area (Å²) < 4.78 is 76.6. The first kappa shape index (κ1) is 23.5. The average Bonchev–Trinajstić information content (AvgIpc) is 2.76. The molecule has 0 radical (unpaired) electrons. The molecule has 3 rings (SSSR count). The van der Waals surface area contributed by atoms with Crippen LogP contribution in [0.2, 0.25) is 0 Å². The third kappa shape index (κ3) is 4.14. The number of halogens is 3. The van der Waals surface area contributed by atoms with Crippen LogP contribution in [0.3, 0.4) is 0 Å². The fourth-order valence-corrected chi connectivity index (χ4v) is 4.59. The summed E-state index contributed by atoms with van der Waals surface area (Å²) in [5.41, 5.74) is -1.48. The van der Waals surface area contributed by atoms with Crippen LogP contribution in [0, 0.1) is 0 Å². The number of methoxy groups -OCH3 is 2. The molecule has 0 saturated carbocycles. The lowest BCUT2D eigenvalue weighted by molar-refractivity contribution is -0.137. The number of carbonyl (C=O) groups is 1. The van der Waals surface area contributed by atoms with Crippen molar-refractivity contribution in [2.75, 3.05) is 14.2 Å². The fourth-order valence-electron chi connectivity index (χ4n) is 3.21. The maximum Gasteiger partial charge on any atom is 0.416 e. The summed E-state index contributed by atoms with van der Waals surface area (Å²) >= 11 is 0. The van der Waals surface area contributed by atoms with Gasteiger partial charge in [-0.05, 0) is 38.1 Å². The minimum absolute atomic E-state index is 0.103. The first-order valence-corrected chi connectivity index (χ1v) is 11.0. The van der Waals surface area contributed by atoms with Gasteiger partial charge in [-0.2, -0.15) is 13.2 Å². The molecule has 170 valence electrons. The number of hydrogen-bond donors (Lipinski definition) is 0. The molecule has 0 saturated heterocycles. The van der Waals surface area contributed by atoms with E-state index >= 15 is 0 Å². The minimum atomic E-state index is -4.65. The number of alkyl halides is 3. The Morgan fingerprint density at radius 1 is 1.06 bits per heavy atom. The van der Waals surface area contributed by atoms with Crippen LogP contribution in [-0.4, -0.2) is 38.8 Å². The molecule has 0 bridgehead atoms. The number of hydrogen-bond acceptors (Lipinski definition) is 6. The lowest BCUT2D eigenvalue weighted by Crippen LogP contribution is -2.21. The van der Waals surface area contributed by atoms with Crippen molar-refractivity contribution >= 4 is 26.7 Å². The van der Waals surface area contributed by atoms with E-state index in [-0.39, 0.29) is 27.7 Å². The normalized spacial score (nSPS) is 12.2. The Hall–Kier alpha value is -3.14. The van der Waals surface area contributed by atoms with Gasteiger partial charge in [-0.15, -0.1) is 0 Å². The van der Waals surface area contributed by atoms with Gasteiger partial charge in [-0.25, -0.2) is 18.2 Å². The van der Waals surface area contributed by atoms with Gasteiger partial charge in [0.05, 0.1) is 41.8 Å². The molecule has 2 aromatic carbocycles. The molecule has 10 heteroatoms. The summed E-state index contributed by atoms with van der Waals surface area (Å²) in [6.45, 7) is 2.81. The average molecular weight is 467 g/mol. The molecule has 0 spiro atoms. The summed E-state index contributed by atoms with van der Waals surface area (Å²) in [5.74, 6) is -0.578. The van der Waals surface area contributed by atoms with E-state index in [9.17, 15) is 26.4 Å². The second-order valence-corrected chi connectivity index (χ2v) is 9.65. The molecule has 0 atom stereocenters. The van der Waals surface area contributed by atoms with Gasteiger partial charge in [0.1, 0.15) is 10.6 Å². The van der Waals surface area contributed by atoms with E-state index in [2.05, 4.69) is 4.98 Å². The highest BCUT2D eigenvalue weighted by Gasteiger charge is 2.35. The van der Waals surface area contributed by atoms with Crippen molar-refractivity contribution in [2.24, 2.45) is 0 Å². The zero-order valence-electron chi connectivity index (χ0n) is 17.6. The quantitative estimate of drug-likeness (QED) is 0.497. The number of fused-ring (bicyclic) bond motifs is 1. The molecular formula is C22H20F3NO5S. The lowest BCUT2D eigenvalue weighted by atomic mass is 10.0. The van der Waals surface area contributed by atoms with Crippen LogP contribution < -0.4 is 4.74 Å². The Bertz CT molecular complexity index is 1300. The molecular weight excluding hydrogens is 447 g/mol. The van der Waals surface area contributed by atoms with E-state index in [1.807, 2.05) is 0 Å². The van der Waals surface area contributed by atoms with Crippen LogP contribution >= 0.6 is 0 Å². The van der Waals surface area contributed by atoms with Crippen molar-refractivity contribution in [2.45, 2.75) is 30.2 Å². The van der Waals surface area contributed by atoms with E-state index in [4.69, 9.17) is 9.47 Å². The van der Waals surface area contributed by atoms with Crippen LogP contribution in [0.4, 0.5) is 13.2 Å². The van der Waals surface area contributed by atoms with Crippen LogP contribution in [0.1, 0.15) is 29.8 Å². The Labute approximate surface area is 182 Å². The Morgan fingerprint density at radius 2 is 1.75 bits per heavy atom. The SMILES string of the molecule is COC(=O)c1c(S(=O)(=O)C(C)C)c(-c2cccc(C(F)(F)F)c2)nc2cc(OC)ccc12. The van der Waals surface area contributed by atoms with Crippen molar-refractivity contribution in [3.8, 4) is 17.0 Å². The summed E-state index contributed by atoms with van der Waals surface area (Å²) in [4.78, 5) is 16.6. The van der Waals surface area contributed by atoms with Gasteiger partial charge in [0.25, 0.3) is 0 Å². The van der Waals surface area contributed by atoms with Gasteiger partial charge in [-0.3, -0.25) is 0 Å². The summed E-state index contributed by atoms with van der Waals surface area (Å²) in [5, 5.41) is -0.805. The number of esters is 1. The van der Waals surface area contributed by atoms with E-state index in [0.717, 1.165) is 25.3 Å². The maximum atomic E-state index is 13.3. The molecule has 0 amide bonds. The van der Waals surface area contributed by atoms with Gasteiger partial charge in [0, 0.05) is 17.0 Å². The highest BCUT2D eigenvalue weighted by atomic mass is 32.2. The molecule has 0 aliphatic heterocycles. The highest BCUT2D eigenvalue weighted by Crippen LogP contribution is 2.39. The first-order chi connectivity index (χ1) is 14.9. The van der Waals surface area contributed by atoms with Crippen molar-refractivity contribution in [3.63, 3.8) is 0 Å². The monoisotopic (exact) mass is 467 g/mol. The van der Waals surface area contributed by atoms with Crippen molar-refractivity contribution in [3.05, 3.63) is 53.6 Å². The lowest BCUT2D eigenvalue weighted by Gasteiger charge is -2.19. The number of sulfone groups is 1. The third-order valence-electron chi connectivity index (χ3n) is 4.91. The number of rotatable bonds is 5. The second kappa shape index (κ2) is 8.42. The van der Waals surface area contributed by atoms with Gasteiger partial charge in [0.2, 0.25) is 0 Å². The predicted octanol–water partition coefficient (Wildman–Crippen LogP) is 4.90. The van der Waals surface area contributed by atoms with Crippen LogP contribution in [0.25, 0.3) is 22.2 Å². The smallest absolute Gasteiger partial charge is 0.416 e. The van der Waals surface area contributed by atoms with E-state index < -0.39 is 37.7 Å². The van der Waals surface area contributed by atoms with E-state index in [1.54, 1.807) is 0 Å². The Kier molecular flexibility index (Phi) is 6.19. The fraction of sp³-hybridized carbons (Fsp3) is 0.273. The Balaban J connectivity index is 2.55. The molecule has 0 fully saturated rings. The molecule has 3 aromatic rings. The van der Waals surface area contributed by atoms with Crippen LogP contribution in [-0.2, 0) is 20.8 Å². The molecule has 0 aliphatic rings. The van der Waals surface area contributed by atoms with Crippen molar-refractivity contribution in [1.29, 1.82) is 0 Å². The molecule has 1 heterocycles. The highest BCUT2D eigenvalue weighted by molar-refractivity contribution is 7.92. The largest absolute Gasteiger partial charge is 0.497 e. The minimum Gasteiger partial charge on any atom is -0.497 e. The van der Waals surface area contributed by atoms with Crippen LogP contribution in [0.5, 0.6) is 5.75 Å². The number of benzene rings is 2. The second-order valence-electron chi connectivity index (χ2n) is 7.21. The number of nitrogens with zero attached hydrogens (tertiary/aromatic N) is 1. The topological polar surface area (TPSA) is 82.6 Å². The van der Waals surface area contributed by atoms with E-state index in [1.165, 1.54) is 45.2 Å². The molecule has 1 aromatic heterocycles. The van der Waals surface area contributed by atoms with Gasteiger partial charge < -0.3 is 9.47 Å². The summed E-state index contributed by atoms with van der Waals surface area (Å²) in [6, 6.07) is 8.57. The number of pyridine rings is 1. The number of ether oxygens (including phenoxy) is 2. The standard InChI is InChI=1S/C22H20F3NO5S/c1-12(2)32(28,29)20-18(21(27)31-4)16-9-8-15(30-3)11-17(16)26-19(20)13-6-5-7-14(10-13)22(23,24)25/h5-12H,1-4H3. The van der Waals surface area contributed by atoms with E-state index in [0.29, 0.717) is 5.75 Å². The third-order valence-corrected chi connectivity index (χ3v) is 7.11. The maximum absolute atomic E-state index is 13.3. The zero-order valence-corrected chi connectivity index (χ0v) is 18.5. The number of aromatic nitrogens is 1. The molecule has 32 heavy (non-hydrogen) atoms. The van der Waals surface area contributed by atoms with Crippen LogP contribution in [0.15, 0.2) is 47.4 Å². The molecule has 0 unspecified atom stereocenters. The van der Waals surface area contributed by atoms with Gasteiger partial charge in [-0.1, -0.05) is 12.1 Å². The first-order valence-electron chi connectivity index (χ1n) is 9.43. The van der Waals surface area contributed by atoms with Gasteiger partial charge in [0.15, 0.2) is 9.84 Å². The Morgan fingerprint density at radius 3 is 2.31 bits per heavy atom. The summed E-state index contributed by atoms with van der Waals surface area (Å²) in [6.07, 6.45) is -4.65. The van der Waals surface area contributed by atoms with Gasteiger partial charge >= 0.3 is 12.1 Å². The zero-order chi connectivity index (χ0) is 23.8.